The third-order valence-electron chi connectivity index (χ3n) is 11.6. The fraction of sp³-hybridized carbons (Fsp3) is 0.524. The summed E-state index contributed by atoms with van der Waals surface area (Å²) < 4.78 is 11.5. The molecular formula is C42H49N5O4. The maximum Gasteiger partial charge on any atom is 0.411 e. The number of hydrogen-bond acceptors (Lipinski definition) is 6. The Hall–Kier alpha value is -4.40. The van der Waals surface area contributed by atoms with Gasteiger partial charge in [0.1, 0.15) is 17.0 Å². The largest absolute Gasteiger partial charge is 0.444 e. The molecule has 266 valence electrons. The second kappa shape index (κ2) is 11.6. The Labute approximate surface area is 300 Å². The molecule has 2 aromatic carbocycles. The number of nitrogens with one attached hydrogen (secondary N) is 1. The number of hydrogen-bond donors (Lipinski definition) is 1. The fourth-order valence-corrected chi connectivity index (χ4v) is 8.88. The number of aromatic amines is 1. The minimum Gasteiger partial charge on any atom is -0.444 e. The first-order valence-electron chi connectivity index (χ1n) is 18.8. The number of carbonyl (C=O) groups excluding carboxylic acids is 2. The van der Waals surface area contributed by atoms with Crippen molar-refractivity contribution in [3.63, 3.8) is 0 Å². The van der Waals surface area contributed by atoms with Crippen LogP contribution in [0.4, 0.5) is 9.59 Å². The van der Waals surface area contributed by atoms with Crippen molar-refractivity contribution in [2.75, 3.05) is 0 Å². The maximum absolute atomic E-state index is 13.1. The van der Waals surface area contributed by atoms with Gasteiger partial charge in [-0.1, -0.05) is 48.5 Å². The van der Waals surface area contributed by atoms with E-state index in [1.54, 1.807) is 0 Å². The SMILES string of the molecule is CC(C)(C)OC(=O)N1[C@@H]2C[C@@H]2C[C@H]1C1=NC=C(c2ccc([C@H]3C[C@@H]3c3ccc(-c4cnc([C@@H]5C[C@H]6C[C@H]6N5C(=O)OC(C)(C)C)[nH]4)cc3)cc2)C1. The van der Waals surface area contributed by atoms with Crippen LogP contribution in [0.3, 0.4) is 0 Å². The molecule has 2 saturated heterocycles. The van der Waals surface area contributed by atoms with Crippen molar-refractivity contribution in [1.82, 2.24) is 19.8 Å². The summed E-state index contributed by atoms with van der Waals surface area (Å²) in [5.74, 6) is 3.01. The van der Waals surface area contributed by atoms with Crippen molar-refractivity contribution in [3.8, 4) is 11.3 Å². The Morgan fingerprint density at radius 3 is 1.80 bits per heavy atom. The zero-order chi connectivity index (χ0) is 35.4. The Kier molecular flexibility index (Phi) is 7.36. The molecule has 4 heterocycles. The van der Waals surface area contributed by atoms with Gasteiger partial charge in [0.2, 0.25) is 0 Å². The molecule has 3 aromatic rings. The Morgan fingerprint density at radius 1 is 0.706 bits per heavy atom. The van der Waals surface area contributed by atoms with Gasteiger partial charge < -0.3 is 14.5 Å². The molecule has 9 rings (SSSR count). The zero-order valence-corrected chi connectivity index (χ0v) is 30.6. The van der Waals surface area contributed by atoms with Gasteiger partial charge in [-0.25, -0.2) is 14.6 Å². The molecule has 3 aliphatic heterocycles. The predicted octanol–water partition coefficient (Wildman–Crippen LogP) is 9.00. The summed E-state index contributed by atoms with van der Waals surface area (Å²) in [5.41, 5.74) is 7.29. The van der Waals surface area contributed by atoms with E-state index in [1.807, 2.05) is 63.7 Å². The lowest BCUT2D eigenvalue weighted by Crippen LogP contribution is -2.45. The van der Waals surface area contributed by atoms with Crippen LogP contribution < -0.4 is 0 Å². The first-order chi connectivity index (χ1) is 24.3. The number of fused-ring (bicyclic) bond motifs is 2. The van der Waals surface area contributed by atoms with Crippen molar-refractivity contribution in [3.05, 3.63) is 83.4 Å². The molecule has 0 radical (unpaired) electrons. The molecule has 1 N–H and O–H groups in total. The molecule has 2 amide bonds. The molecule has 3 aliphatic carbocycles. The number of likely N-dealkylation sites (tertiary alicyclic amines) is 2. The second-order valence-corrected chi connectivity index (χ2v) is 17.7. The maximum atomic E-state index is 13.1. The predicted molar refractivity (Wildman–Crippen MR) is 196 cm³/mol. The highest BCUT2D eigenvalue weighted by atomic mass is 16.6. The first kappa shape index (κ1) is 32.5. The van der Waals surface area contributed by atoms with Crippen molar-refractivity contribution in [2.45, 2.75) is 127 Å². The van der Waals surface area contributed by atoms with Gasteiger partial charge >= 0.3 is 12.2 Å². The number of carbonyl (C=O) groups is 2. The van der Waals surface area contributed by atoms with Gasteiger partial charge in [-0.3, -0.25) is 14.8 Å². The number of aliphatic imine (C=N–C) groups is 1. The summed E-state index contributed by atoms with van der Waals surface area (Å²) in [6.07, 6.45) is 9.45. The van der Waals surface area contributed by atoms with E-state index in [4.69, 9.17) is 19.5 Å². The van der Waals surface area contributed by atoms with Crippen molar-refractivity contribution in [1.29, 1.82) is 0 Å². The van der Waals surface area contributed by atoms with E-state index in [2.05, 4.69) is 53.5 Å². The number of nitrogens with zero attached hydrogens (tertiary/aromatic N) is 4. The molecule has 0 spiro atoms. The molecule has 1 aromatic heterocycles. The van der Waals surface area contributed by atoms with Crippen LogP contribution in [0.1, 0.15) is 120 Å². The van der Waals surface area contributed by atoms with Gasteiger partial charge in [0.25, 0.3) is 0 Å². The summed E-state index contributed by atoms with van der Waals surface area (Å²) in [6, 6.07) is 18.5. The summed E-state index contributed by atoms with van der Waals surface area (Å²) in [7, 11) is 0. The van der Waals surface area contributed by atoms with Crippen LogP contribution in [0.2, 0.25) is 0 Å². The molecule has 0 unspecified atom stereocenters. The van der Waals surface area contributed by atoms with Crippen LogP contribution in [0.5, 0.6) is 0 Å². The van der Waals surface area contributed by atoms with Crippen molar-refractivity contribution >= 4 is 23.5 Å². The highest BCUT2D eigenvalue weighted by Gasteiger charge is 2.57. The first-order valence-corrected chi connectivity index (χ1v) is 18.8. The minimum atomic E-state index is -0.521. The van der Waals surface area contributed by atoms with E-state index >= 15 is 0 Å². The van der Waals surface area contributed by atoms with Gasteiger partial charge in [-0.2, -0.15) is 0 Å². The van der Waals surface area contributed by atoms with Gasteiger partial charge in [0, 0.05) is 30.4 Å². The Bertz CT molecular complexity index is 1930. The fourth-order valence-electron chi connectivity index (χ4n) is 8.88. The average Bonchev–Trinajstić information content (AvgIpc) is 3.99. The molecule has 9 nitrogen and oxygen atoms in total. The molecular weight excluding hydrogens is 638 g/mol. The smallest absolute Gasteiger partial charge is 0.411 e. The van der Waals surface area contributed by atoms with E-state index in [9.17, 15) is 9.59 Å². The molecule has 3 saturated carbocycles. The van der Waals surface area contributed by atoms with Crippen molar-refractivity contribution < 1.29 is 19.1 Å². The highest BCUT2D eigenvalue weighted by Crippen LogP contribution is 2.56. The molecule has 0 bridgehead atoms. The van der Waals surface area contributed by atoms with Gasteiger partial charge in [0.05, 0.1) is 24.0 Å². The van der Waals surface area contributed by atoms with Crippen LogP contribution in [-0.2, 0) is 9.47 Å². The number of ether oxygens (including phenoxy) is 2. The Morgan fingerprint density at radius 2 is 1.24 bits per heavy atom. The molecule has 5 fully saturated rings. The minimum absolute atomic E-state index is 0.0397. The summed E-state index contributed by atoms with van der Waals surface area (Å²) in [5, 5.41) is 0. The number of amides is 2. The van der Waals surface area contributed by atoms with E-state index in [-0.39, 0.29) is 30.3 Å². The normalized spacial score (nSPS) is 30.4. The quantitative estimate of drug-likeness (QED) is 0.279. The van der Waals surface area contributed by atoms with Crippen molar-refractivity contribution in [2.24, 2.45) is 16.8 Å². The monoisotopic (exact) mass is 687 g/mol. The van der Waals surface area contributed by atoms with Crippen LogP contribution in [0.25, 0.3) is 16.8 Å². The van der Waals surface area contributed by atoms with Gasteiger partial charge in [-0.05, 0) is 125 Å². The van der Waals surface area contributed by atoms with E-state index in [0.29, 0.717) is 29.7 Å². The topological polar surface area (TPSA) is 100 Å². The summed E-state index contributed by atoms with van der Waals surface area (Å²) in [6.45, 7) is 11.5. The van der Waals surface area contributed by atoms with E-state index in [1.165, 1.54) is 22.3 Å². The third-order valence-corrected chi connectivity index (χ3v) is 11.6. The number of piperidine rings is 2. The second-order valence-electron chi connectivity index (χ2n) is 17.7. The molecule has 51 heavy (non-hydrogen) atoms. The molecule has 8 atom stereocenters. The van der Waals surface area contributed by atoms with Crippen LogP contribution in [-0.4, -0.2) is 67.0 Å². The number of aromatic nitrogens is 2. The number of H-pyrrole nitrogens is 1. The highest BCUT2D eigenvalue weighted by molar-refractivity contribution is 6.03. The lowest BCUT2D eigenvalue weighted by Gasteiger charge is -2.30. The molecule has 6 aliphatic rings. The lowest BCUT2D eigenvalue weighted by molar-refractivity contribution is 0.0173. The molecule has 9 heteroatoms. The number of allylic oxidation sites excluding steroid dienone is 1. The lowest BCUT2D eigenvalue weighted by atomic mass is 9.96. The number of rotatable bonds is 6. The number of imidazole rings is 1. The summed E-state index contributed by atoms with van der Waals surface area (Å²) >= 11 is 0. The van der Waals surface area contributed by atoms with Gasteiger partial charge in [0.15, 0.2) is 0 Å². The Balaban J connectivity index is 0.806. The average molecular weight is 688 g/mol. The van der Waals surface area contributed by atoms with Gasteiger partial charge in [-0.15, -0.1) is 0 Å². The summed E-state index contributed by atoms with van der Waals surface area (Å²) in [4.78, 5) is 43.1. The number of benzene rings is 2. The van der Waals surface area contributed by atoms with E-state index < -0.39 is 11.2 Å². The third kappa shape index (κ3) is 6.27. The van der Waals surface area contributed by atoms with Crippen LogP contribution >= 0.6 is 0 Å². The van der Waals surface area contributed by atoms with Crippen LogP contribution in [0.15, 0.2) is 65.9 Å². The van der Waals surface area contributed by atoms with Crippen LogP contribution in [0, 0.1) is 11.8 Å². The zero-order valence-electron chi connectivity index (χ0n) is 30.6. The van der Waals surface area contributed by atoms with E-state index in [0.717, 1.165) is 61.3 Å². The standard InChI is InChI=1S/C42H49N5O4/c1-41(2,3)50-39(48)46-34-16-27(34)18-36(46)32-15-29(21-43-32)23-7-9-24(10-8-23)30-20-31(30)25-11-13-26(14-12-25)33-22-44-38(45-33)37-19-28-17-35(28)47(37)40(49)51-42(4,5)6/h7-14,21-22,27-28,30-31,34-37H,15-20H2,1-6H3,(H,44,45)/t27-,28-,30-,31-,34-,35-,36+,37+/m1/s1.